The molecule has 0 unspecified atom stereocenters. The van der Waals surface area contributed by atoms with Crippen LogP contribution in [0.3, 0.4) is 0 Å². The molecule has 8 aliphatic carbocycles. The molecule has 2 aromatic carbocycles. The minimum absolute atomic E-state index is 0.246. The van der Waals surface area contributed by atoms with E-state index in [0.29, 0.717) is 39.6 Å². The highest BCUT2D eigenvalue weighted by Crippen LogP contribution is 2.65. The van der Waals surface area contributed by atoms with Crippen molar-refractivity contribution in [1.29, 1.82) is 0 Å². The van der Waals surface area contributed by atoms with Gasteiger partial charge in [0.15, 0.2) is 11.5 Å². The van der Waals surface area contributed by atoms with Crippen LogP contribution < -0.4 is 9.47 Å². The molecule has 2 heterocycles. The van der Waals surface area contributed by atoms with Crippen LogP contribution >= 0.6 is 0 Å². The number of hydrogen-bond acceptors (Lipinski definition) is 6. The Bertz CT molecular complexity index is 1520. The summed E-state index contributed by atoms with van der Waals surface area (Å²) in [5.74, 6) is 9.23. The van der Waals surface area contributed by atoms with Gasteiger partial charge in [0.2, 0.25) is 0 Å². The van der Waals surface area contributed by atoms with Gasteiger partial charge in [0.25, 0.3) is 0 Å². The Morgan fingerprint density at radius 1 is 0.543 bits per heavy atom. The summed E-state index contributed by atoms with van der Waals surface area (Å²) in [4.78, 5) is 0. The molecule has 12 rings (SSSR count). The van der Waals surface area contributed by atoms with Gasteiger partial charge in [-0.2, -0.15) is 0 Å². The second-order valence-electron chi connectivity index (χ2n) is 16.6. The van der Waals surface area contributed by atoms with E-state index in [9.17, 15) is 0 Å². The summed E-state index contributed by atoms with van der Waals surface area (Å²) in [6.07, 6.45) is 20.3. The first-order valence-electron chi connectivity index (χ1n) is 18.3. The first kappa shape index (κ1) is 28.3. The van der Waals surface area contributed by atoms with Crippen LogP contribution in [0, 0.1) is 35.5 Å². The zero-order valence-corrected chi connectivity index (χ0v) is 27.1. The lowest BCUT2D eigenvalue weighted by Gasteiger charge is -2.59. The van der Waals surface area contributed by atoms with E-state index in [2.05, 4.69) is 24.3 Å². The van der Waals surface area contributed by atoms with Crippen molar-refractivity contribution in [2.45, 2.75) is 87.9 Å². The van der Waals surface area contributed by atoms with E-state index < -0.39 is 0 Å². The lowest BCUT2D eigenvalue weighted by Crippen LogP contribution is -2.50. The fourth-order valence-corrected chi connectivity index (χ4v) is 12.3. The summed E-state index contributed by atoms with van der Waals surface area (Å²) >= 11 is 0. The third-order valence-electron chi connectivity index (χ3n) is 13.3. The number of fused-ring (bicyclic) bond motifs is 1. The zero-order valence-electron chi connectivity index (χ0n) is 27.1. The molecule has 0 radical (unpaired) electrons. The molecule has 0 N–H and O–H groups in total. The van der Waals surface area contributed by atoms with Gasteiger partial charge in [-0.1, -0.05) is 6.07 Å². The topological polar surface area (TPSA) is 62.0 Å². The average Bonchev–Trinajstić information content (AvgIpc) is 3.96. The van der Waals surface area contributed by atoms with Gasteiger partial charge in [-0.3, -0.25) is 0 Å². The van der Waals surface area contributed by atoms with Gasteiger partial charge in [0.1, 0.15) is 50.5 Å². The smallest absolute Gasteiger partial charge is 0.164 e. The van der Waals surface area contributed by atoms with Crippen molar-refractivity contribution in [2.24, 2.45) is 35.5 Å². The third-order valence-corrected chi connectivity index (χ3v) is 13.3. The molecule has 6 nitrogen and oxygen atoms in total. The van der Waals surface area contributed by atoms with Crippen molar-refractivity contribution in [3.63, 3.8) is 0 Å². The fraction of sp³-hybridized carbons (Fsp3) is 0.650. The summed E-state index contributed by atoms with van der Waals surface area (Å²) in [7, 11) is 0. The Kier molecular flexibility index (Phi) is 6.72. The third kappa shape index (κ3) is 5.13. The van der Waals surface area contributed by atoms with Crippen LogP contribution in [0.1, 0.15) is 88.2 Å². The van der Waals surface area contributed by atoms with Crippen molar-refractivity contribution in [3.05, 3.63) is 59.4 Å². The normalized spacial score (nSPS) is 37.1. The summed E-state index contributed by atoms with van der Waals surface area (Å²) in [5, 5.41) is 2.64. The highest BCUT2D eigenvalue weighted by molar-refractivity contribution is 5.95. The molecule has 2 aromatic rings. The van der Waals surface area contributed by atoms with Crippen LogP contribution in [-0.4, -0.2) is 39.6 Å². The lowest BCUT2D eigenvalue weighted by molar-refractivity contribution is -0.00888. The van der Waals surface area contributed by atoms with E-state index in [4.69, 9.17) is 28.4 Å². The molecule has 0 spiro atoms. The van der Waals surface area contributed by atoms with Crippen molar-refractivity contribution in [3.8, 4) is 11.5 Å². The predicted octanol–water partition coefficient (Wildman–Crippen LogP) is 8.31. The maximum atomic E-state index is 6.93. The van der Waals surface area contributed by atoms with Crippen LogP contribution in [0.2, 0.25) is 0 Å². The highest BCUT2D eigenvalue weighted by atomic mass is 16.6. The SMILES string of the molecule is C1=C(COCCOc2ccc3c(OCCOCC4=CO4)c(C45CC6CC(CC(C6)C4)C5)cc(C45CC6CC(CC(C6)C4)C5)c3c2)O1. The monoisotopic (exact) mass is 624 g/mol. The first-order chi connectivity index (χ1) is 22.6. The standard InChI is InChI=1S/C40H48O6/c1-2-34-35(13-31(1)43-5-3-41-21-32-23-45-32)36(39-15-25-7-26(16-39)9-27(8-25)17-39)14-37(38(34)44-6-4-42-22-33-24-46-33)40-18-28-10-29(19-40)12-30(11-28)20-40/h1-2,13-14,23-30H,3-12,15-22H2. The van der Waals surface area contributed by atoms with Gasteiger partial charge < -0.3 is 28.4 Å². The molecule has 2 aliphatic heterocycles. The first-order valence-corrected chi connectivity index (χ1v) is 18.3. The largest absolute Gasteiger partial charge is 0.491 e. The molecule has 8 saturated carbocycles. The van der Waals surface area contributed by atoms with Crippen LogP contribution in [-0.2, 0) is 29.8 Å². The molecule has 10 aliphatic rings. The van der Waals surface area contributed by atoms with Gasteiger partial charge in [-0.05, 0) is 153 Å². The second kappa shape index (κ2) is 10.9. The summed E-state index contributed by atoms with van der Waals surface area (Å²) in [6.45, 7) is 3.24. The van der Waals surface area contributed by atoms with E-state index >= 15 is 0 Å². The van der Waals surface area contributed by atoms with Crippen LogP contribution in [0.15, 0.2) is 48.3 Å². The molecule has 244 valence electrons. The summed E-state index contributed by atoms with van der Waals surface area (Å²) < 4.78 is 35.2. The van der Waals surface area contributed by atoms with E-state index in [1.54, 1.807) is 18.1 Å². The van der Waals surface area contributed by atoms with Crippen LogP contribution in [0.5, 0.6) is 11.5 Å². The minimum atomic E-state index is 0.246. The van der Waals surface area contributed by atoms with Gasteiger partial charge in [-0.25, -0.2) is 0 Å². The number of benzene rings is 2. The number of hydrogen-bond donors (Lipinski definition) is 0. The summed E-state index contributed by atoms with van der Waals surface area (Å²) in [5.41, 5.74) is 3.68. The molecule has 0 amide bonds. The zero-order chi connectivity index (χ0) is 30.3. The van der Waals surface area contributed by atoms with Gasteiger partial charge in [-0.15, -0.1) is 0 Å². The molecular weight excluding hydrogens is 576 g/mol. The molecule has 6 heteroatoms. The molecule has 8 fully saturated rings. The van der Waals surface area contributed by atoms with Gasteiger partial charge in [0, 0.05) is 10.9 Å². The highest BCUT2D eigenvalue weighted by Gasteiger charge is 2.55. The maximum absolute atomic E-state index is 6.93. The summed E-state index contributed by atoms with van der Waals surface area (Å²) in [6, 6.07) is 9.57. The van der Waals surface area contributed by atoms with Gasteiger partial charge in [0.05, 0.1) is 13.2 Å². The fourth-order valence-electron chi connectivity index (χ4n) is 12.3. The molecule has 0 aromatic heterocycles. The predicted molar refractivity (Wildman–Crippen MR) is 175 cm³/mol. The molecule has 0 saturated heterocycles. The Morgan fingerprint density at radius 2 is 1.02 bits per heavy atom. The molecule has 0 atom stereocenters. The van der Waals surface area contributed by atoms with Crippen LogP contribution in [0.25, 0.3) is 10.8 Å². The maximum Gasteiger partial charge on any atom is 0.164 e. The minimum Gasteiger partial charge on any atom is -0.491 e. The average molecular weight is 625 g/mol. The second-order valence-corrected chi connectivity index (χ2v) is 16.6. The van der Waals surface area contributed by atoms with Crippen LogP contribution in [0.4, 0.5) is 0 Å². The Morgan fingerprint density at radius 3 is 1.52 bits per heavy atom. The van der Waals surface area contributed by atoms with Crippen molar-refractivity contribution in [1.82, 2.24) is 0 Å². The Balaban J connectivity index is 1.06. The van der Waals surface area contributed by atoms with Crippen molar-refractivity contribution in [2.75, 3.05) is 39.6 Å². The van der Waals surface area contributed by atoms with Gasteiger partial charge >= 0.3 is 0 Å². The van der Waals surface area contributed by atoms with Crippen molar-refractivity contribution < 1.29 is 28.4 Å². The number of ether oxygens (including phenoxy) is 6. The van der Waals surface area contributed by atoms with E-state index in [1.165, 1.54) is 93.4 Å². The van der Waals surface area contributed by atoms with E-state index in [0.717, 1.165) is 58.5 Å². The Hall–Kier alpha value is -2.70. The van der Waals surface area contributed by atoms with E-state index in [1.807, 2.05) is 0 Å². The Labute approximate surface area is 272 Å². The van der Waals surface area contributed by atoms with Crippen molar-refractivity contribution >= 4 is 10.8 Å². The lowest BCUT2D eigenvalue weighted by atomic mass is 9.46. The molecular formula is C40H48O6. The quantitative estimate of drug-likeness (QED) is 0.197. The van der Waals surface area contributed by atoms with E-state index in [-0.39, 0.29) is 10.8 Å². The molecule has 8 bridgehead atoms. The molecule has 46 heavy (non-hydrogen) atoms. The number of rotatable bonds is 14.